The molecular weight excluding hydrogens is 280 g/mol. The van der Waals surface area contributed by atoms with E-state index in [1.807, 2.05) is 19.2 Å². The number of nitrogens with zero attached hydrogens (tertiary/aromatic N) is 1. The third-order valence-corrected chi connectivity index (χ3v) is 3.88. The van der Waals surface area contributed by atoms with Gasteiger partial charge in [-0.2, -0.15) is 0 Å². The van der Waals surface area contributed by atoms with Gasteiger partial charge >= 0.3 is 0 Å². The lowest BCUT2D eigenvalue weighted by Gasteiger charge is -2.02. The number of benzene rings is 1. The third kappa shape index (κ3) is 1.59. The van der Waals surface area contributed by atoms with Crippen LogP contribution in [0.25, 0.3) is 10.9 Å². The topological polar surface area (TPSA) is 34.0 Å². The van der Waals surface area contributed by atoms with Crippen LogP contribution >= 0.6 is 15.9 Å². The van der Waals surface area contributed by atoms with Gasteiger partial charge in [0.05, 0.1) is 5.56 Å². The van der Waals surface area contributed by atoms with E-state index in [2.05, 4.69) is 31.9 Å². The van der Waals surface area contributed by atoms with Crippen LogP contribution in [-0.4, -0.2) is 17.0 Å². The van der Waals surface area contributed by atoms with Crippen molar-refractivity contribution in [2.45, 2.75) is 12.8 Å². The van der Waals surface area contributed by atoms with Gasteiger partial charge in [-0.15, -0.1) is 0 Å². The van der Waals surface area contributed by atoms with E-state index in [0.29, 0.717) is 0 Å². The Morgan fingerprint density at radius 3 is 3.06 bits per heavy atom. The van der Waals surface area contributed by atoms with Crippen LogP contribution in [0.2, 0.25) is 0 Å². The molecule has 1 N–H and O–H groups in total. The highest BCUT2D eigenvalue weighted by molar-refractivity contribution is 9.10. The summed E-state index contributed by atoms with van der Waals surface area (Å²) in [5, 5.41) is 4.00. The number of rotatable bonds is 0. The summed E-state index contributed by atoms with van der Waals surface area (Å²) in [5.41, 5.74) is 3.11. The van der Waals surface area contributed by atoms with Crippen molar-refractivity contribution < 1.29 is 4.79 Å². The zero-order valence-corrected chi connectivity index (χ0v) is 11.2. The second-order valence-corrected chi connectivity index (χ2v) is 5.32. The number of hydrogen-bond donors (Lipinski definition) is 1. The molecule has 1 aliphatic heterocycles. The van der Waals surface area contributed by atoms with Gasteiger partial charge in [-0.1, -0.05) is 22.0 Å². The second-order valence-electron chi connectivity index (χ2n) is 4.40. The largest absolute Gasteiger partial charge is 0.352 e. The second kappa shape index (κ2) is 3.88. The molecule has 17 heavy (non-hydrogen) atoms. The van der Waals surface area contributed by atoms with E-state index >= 15 is 0 Å². The first-order valence-corrected chi connectivity index (χ1v) is 6.53. The minimum atomic E-state index is 0.0606. The molecule has 1 aromatic heterocycles. The van der Waals surface area contributed by atoms with Crippen molar-refractivity contribution >= 4 is 32.7 Å². The lowest BCUT2D eigenvalue weighted by atomic mass is 10.1. The van der Waals surface area contributed by atoms with Crippen LogP contribution in [0.3, 0.4) is 0 Å². The molecule has 2 heterocycles. The monoisotopic (exact) mass is 292 g/mol. The fourth-order valence-electron chi connectivity index (χ4n) is 2.55. The SMILES string of the molecule is Cn1c2c(c3ccc(Br)cc31)C(=O)NCCC2. The van der Waals surface area contributed by atoms with Gasteiger partial charge in [-0.3, -0.25) is 4.79 Å². The van der Waals surface area contributed by atoms with E-state index in [9.17, 15) is 4.79 Å². The summed E-state index contributed by atoms with van der Waals surface area (Å²) in [5.74, 6) is 0.0606. The summed E-state index contributed by atoms with van der Waals surface area (Å²) < 4.78 is 3.18. The van der Waals surface area contributed by atoms with Crippen LogP contribution in [0.5, 0.6) is 0 Å². The highest BCUT2D eigenvalue weighted by Crippen LogP contribution is 2.29. The molecule has 1 aromatic carbocycles. The van der Waals surface area contributed by atoms with E-state index in [1.54, 1.807) is 0 Å². The quantitative estimate of drug-likeness (QED) is 0.796. The summed E-state index contributed by atoms with van der Waals surface area (Å²) in [6.45, 7) is 0.769. The van der Waals surface area contributed by atoms with E-state index < -0.39 is 0 Å². The molecule has 0 aliphatic carbocycles. The molecule has 88 valence electrons. The number of carbonyl (C=O) groups excluding carboxylic acids is 1. The van der Waals surface area contributed by atoms with Gasteiger partial charge in [0.1, 0.15) is 0 Å². The fourth-order valence-corrected chi connectivity index (χ4v) is 2.90. The van der Waals surface area contributed by atoms with Crippen molar-refractivity contribution in [1.82, 2.24) is 9.88 Å². The minimum Gasteiger partial charge on any atom is -0.352 e. The lowest BCUT2D eigenvalue weighted by molar-refractivity contribution is 0.0957. The summed E-state index contributed by atoms with van der Waals surface area (Å²) in [6, 6.07) is 6.07. The van der Waals surface area contributed by atoms with Crippen LogP contribution in [0.4, 0.5) is 0 Å². The van der Waals surface area contributed by atoms with Gasteiger partial charge in [0.2, 0.25) is 0 Å². The Bertz CT molecular complexity index is 615. The number of amides is 1. The molecule has 1 aliphatic rings. The number of carbonyl (C=O) groups is 1. The molecule has 0 fully saturated rings. The Labute approximate surface area is 108 Å². The molecule has 2 aromatic rings. The molecule has 1 amide bonds. The molecule has 0 saturated heterocycles. The van der Waals surface area contributed by atoms with Crippen LogP contribution < -0.4 is 5.32 Å². The van der Waals surface area contributed by atoms with Crippen molar-refractivity contribution in [2.24, 2.45) is 7.05 Å². The number of aromatic nitrogens is 1. The fraction of sp³-hybridized carbons (Fsp3) is 0.308. The standard InChI is InChI=1S/C13H13BrN2O/c1-16-10-3-2-6-15-13(17)12(10)9-5-4-8(14)7-11(9)16/h4-5,7H,2-3,6H2,1H3,(H,15,17). The van der Waals surface area contributed by atoms with Gasteiger partial charge in [0.25, 0.3) is 5.91 Å². The van der Waals surface area contributed by atoms with Gasteiger partial charge in [-0.05, 0) is 25.0 Å². The molecule has 3 nitrogen and oxygen atoms in total. The number of hydrogen-bond acceptors (Lipinski definition) is 1. The molecule has 0 unspecified atom stereocenters. The third-order valence-electron chi connectivity index (χ3n) is 3.39. The van der Waals surface area contributed by atoms with Crippen LogP contribution in [0.1, 0.15) is 22.5 Å². The smallest absolute Gasteiger partial charge is 0.253 e. The van der Waals surface area contributed by atoms with Crippen molar-refractivity contribution in [3.8, 4) is 0 Å². The normalized spacial score (nSPS) is 15.5. The lowest BCUT2D eigenvalue weighted by Crippen LogP contribution is -2.22. The van der Waals surface area contributed by atoms with Crippen LogP contribution in [0.15, 0.2) is 22.7 Å². The van der Waals surface area contributed by atoms with Gasteiger partial charge in [0.15, 0.2) is 0 Å². The van der Waals surface area contributed by atoms with Gasteiger partial charge in [-0.25, -0.2) is 0 Å². The Morgan fingerprint density at radius 1 is 1.41 bits per heavy atom. The van der Waals surface area contributed by atoms with Gasteiger partial charge in [0, 0.05) is 34.7 Å². The Morgan fingerprint density at radius 2 is 2.24 bits per heavy atom. The summed E-state index contributed by atoms with van der Waals surface area (Å²) >= 11 is 3.48. The zero-order chi connectivity index (χ0) is 12.0. The first kappa shape index (κ1) is 10.8. The average molecular weight is 293 g/mol. The number of nitrogens with one attached hydrogen (secondary N) is 1. The van der Waals surface area contributed by atoms with Crippen molar-refractivity contribution in [1.29, 1.82) is 0 Å². The van der Waals surface area contributed by atoms with E-state index in [4.69, 9.17) is 0 Å². The molecule has 0 saturated carbocycles. The highest BCUT2D eigenvalue weighted by atomic mass is 79.9. The van der Waals surface area contributed by atoms with E-state index in [-0.39, 0.29) is 5.91 Å². The zero-order valence-electron chi connectivity index (χ0n) is 9.59. The predicted molar refractivity (Wildman–Crippen MR) is 71.3 cm³/mol. The number of fused-ring (bicyclic) bond motifs is 3. The predicted octanol–water partition coefficient (Wildman–Crippen LogP) is 2.62. The Hall–Kier alpha value is -1.29. The molecule has 0 radical (unpaired) electrons. The Kier molecular flexibility index (Phi) is 2.47. The average Bonchev–Trinajstić information content (AvgIpc) is 2.47. The molecule has 0 atom stereocenters. The minimum absolute atomic E-state index is 0.0606. The van der Waals surface area contributed by atoms with Crippen molar-refractivity contribution in [3.05, 3.63) is 33.9 Å². The molecule has 4 heteroatoms. The summed E-state index contributed by atoms with van der Waals surface area (Å²) in [7, 11) is 2.03. The maximum Gasteiger partial charge on any atom is 0.253 e. The van der Waals surface area contributed by atoms with Crippen LogP contribution in [0, 0.1) is 0 Å². The molecule has 0 spiro atoms. The van der Waals surface area contributed by atoms with Gasteiger partial charge < -0.3 is 9.88 Å². The number of halogens is 1. The van der Waals surface area contributed by atoms with E-state index in [0.717, 1.165) is 46.0 Å². The Balaban J connectivity index is 2.38. The number of aryl methyl sites for hydroxylation is 1. The first-order chi connectivity index (χ1) is 8.18. The maximum atomic E-state index is 12.1. The molecule has 0 bridgehead atoms. The molecule has 3 rings (SSSR count). The van der Waals surface area contributed by atoms with E-state index in [1.165, 1.54) is 0 Å². The summed E-state index contributed by atoms with van der Waals surface area (Å²) in [6.07, 6.45) is 1.96. The van der Waals surface area contributed by atoms with Crippen molar-refractivity contribution in [2.75, 3.05) is 6.54 Å². The van der Waals surface area contributed by atoms with Crippen molar-refractivity contribution in [3.63, 3.8) is 0 Å². The first-order valence-electron chi connectivity index (χ1n) is 5.73. The molecular formula is C13H13BrN2O. The maximum absolute atomic E-state index is 12.1. The summed E-state index contributed by atoms with van der Waals surface area (Å²) in [4.78, 5) is 12.1. The highest BCUT2D eigenvalue weighted by Gasteiger charge is 2.22. The van der Waals surface area contributed by atoms with Crippen LogP contribution in [-0.2, 0) is 13.5 Å².